The van der Waals surface area contributed by atoms with Crippen LogP contribution < -0.4 is 0 Å². The molecule has 0 unspecified atom stereocenters. The first kappa shape index (κ1) is 21.2. The molecule has 0 aromatic heterocycles. The van der Waals surface area contributed by atoms with Crippen LogP contribution in [0.5, 0.6) is 0 Å². The number of rotatable bonds is 15. The Labute approximate surface area is 140 Å². The molecule has 0 aromatic rings. The standard InChI is InChI=1S/C22H40/c1-4-7-10-12-14-16-18-21-22(19-9-6-3)20-17-15-13-11-8-5-2/h16-18,20-21H,4-15,19H2,1-3H3/b18-16+,20-17+,22-21-. The summed E-state index contributed by atoms with van der Waals surface area (Å²) in [7, 11) is 0. The Kier molecular flexibility index (Phi) is 17.6. The highest BCUT2D eigenvalue weighted by Crippen LogP contribution is 2.12. The topological polar surface area (TPSA) is 0 Å². The van der Waals surface area contributed by atoms with Gasteiger partial charge in [0.05, 0.1) is 0 Å². The van der Waals surface area contributed by atoms with Crippen LogP contribution in [0.25, 0.3) is 0 Å². The van der Waals surface area contributed by atoms with Crippen molar-refractivity contribution in [2.24, 2.45) is 0 Å². The lowest BCUT2D eigenvalue weighted by atomic mass is 10.1. The fraction of sp³-hybridized carbons (Fsp3) is 0.727. The molecule has 0 amide bonds. The molecule has 0 rings (SSSR count). The van der Waals surface area contributed by atoms with E-state index in [0.29, 0.717) is 0 Å². The summed E-state index contributed by atoms with van der Waals surface area (Å²) in [6.45, 7) is 6.82. The van der Waals surface area contributed by atoms with Crippen molar-refractivity contribution in [1.29, 1.82) is 0 Å². The van der Waals surface area contributed by atoms with Crippen molar-refractivity contribution in [3.63, 3.8) is 0 Å². The van der Waals surface area contributed by atoms with Gasteiger partial charge in [0.2, 0.25) is 0 Å². The molecule has 0 atom stereocenters. The Bertz CT molecular complexity index is 293. The fourth-order valence-corrected chi connectivity index (χ4v) is 2.50. The molecule has 0 aliphatic rings. The van der Waals surface area contributed by atoms with E-state index in [1.165, 1.54) is 89.0 Å². The third kappa shape index (κ3) is 15.6. The summed E-state index contributed by atoms with van der Waals surface area (Å²) in [6.07, 6.45) is 28.8. The average Bonchev–Trinajstić information content (AvgIpc) is 2.54. The van der Waals surface area contributed by atoms with Crippen molar-refractivity contribution in [2.75, 3.05) is 0 Å². The molecule has 0 aromatic carbocycles. The van der Waals surface area contributed by atoms with E-state index >= 15 is 0 Å². The summed E-state index contributed by atoms with van der Waals surface area (Å²) in [5.41, 5.74) is 1.50. The zero-order valence-electron chi connectivity index (χ0n) is 15.6. The molecular formula is C22H40. The van der Waals surface area contributed by atoms with Gasteiger partial charge in [0, 0.05) is 0 Å². The van der Waals surface area contributed by atoms with Crippen LogP contribution in [-0.4, -0.2) is 0 Å². The number of hydrogen-bond donors (Lipinski definition) is 0. The molecule has 0 saturated heterocycles. The van der Waals surface area contributed by atoms with Crippen LogP contribution in [-0.2, 0) is 0 Å². The van der Waals surface area contributed by atoms with E-state index in [9.17, 15) is 0 Å². The zero-order chi connectivity index (χ0) is 16.3. The third-order valence-corrected chi connectivity index (χ3v) is 4.05. The Morgan fingerprint density at radius 2 is 1.23 bits per heavy atom. The molecule has 128 valence electrons. The van der Waals surface area contributed by atoms with Gasteiger partial charge >= 0.3 is 0 Å². The van der Waals surface area contributed by atoms with Crippen molar-refractivity contribution in [1.82, 2.24) is 0 Å². The van der Waals surface area contributed by atoms with E-state index in [2.05, 4.69) is 51.2 Å². The summed E-state index contributed by atoms with van der Waals surface area (Å²) >= 11 is 0. The first-order chi connectivity index (χ1) is 10.8. The van der Waals surface area contributed by atoms with E-state index in [-0.39, 0.29) is 0 Å². The highest BCUT2D eigenvalue weighted by atomic mass is 14.0. The highest BCUT2D eigenvalue weighted by Gasteiger charge is 1.92. The van der Waals surface area contributed by atoms with Gasteiger partial charge in [-0.3, -0.25) is 0 Å². The van der Waals surface area contributed by atoms with Crippen LogP contribution in [0, 0.1) is 0 Å². The molecule has 0 heterocycles. The minimum absolute atomic E-state index is 1.22. The van der Waals surface area contributed by atoms with E-state index in [4.69, 9.17) is 0 Å². The number of allylic oxidation sites excluding steroid dienone is 6. The number of hydrogen-bond acceptors (Lipinski definition) is 0. The Morgan fingerprint density at radius 1 is 0.636 bits per heavy atom. The smallest absolute Gasteiger partial charge is 0.0279 e. The van der Waals surface area contributed by atoms with Gasteiger partial charge < -0.3 is 0 Å². The van der Waals surface area contributed by atoms with Crippen LogP contribution in [0.2, 0.25) is 0 Å². The average molecular weight is 305 g/mol. The SMILES string of the molecule is CCCCCC/C=C/C=C(\C=C\CCCCCC)CCCC. The summed E-state index contributed by atoms with van der Waals surface area (Å²) < 4.78 is 0. The zero-order valence-corrected chi connectivity index (χ0v) is 15.6. The van der Waals surface area contributed by atoms with Crippen LogP contribution >= 0.6 is 0 Å². The van der Waals surface area contributed by atoms with Crippen LogP contribution in [0.4, 0.5) is 0 Å². The fourth-order valence-electron chi connectivity index (χ4n) is 2.50. The predicted octanol–water partition coefficient (Wildman–Crippen LogP) is 8.16. The van der Waals surface area contributed by atoms with Gasteiger partial charge in [-0.2, -0.15) is 0 Å². The predicted molar refractivity (Wildman–Crippen MR) is 103 cm³/mol. The van der Waals surface area contributed by atoms with Gasteiger partial charge in [-0.25, -0.2) is 0 Å². The van der Waals surface area contributed by atoms with Crippen molar-refractivity contribution >= 4 is 0 Å². The second-order valence-electron chi connectivity index (χ2n) is 6.37. The third-order valence-electron chi connectivity index (χ3n) is 4.05. The Hall–Kier alpha value is -0.780. The van der Waals surface area contributed by atoms with Crippen LogP contribution in [0.15, 0.2) is 36.0 Å². The maximum Gasteiger partial charge on any atom is -0.0279 e. The van der Waals surface area contributed by atoms with Gasteiger partial charge in [-0.05, 0) is 44.1 Å². The molecule has 0 bridgehead atoms. The van der Waals surface area contributed by atoms with Crippen molar-refractivity contribution in [3.8, 4) is 0 Å². The summed E-state index contributed by atoms with van der Waals surface area (Å²) in [6, 6.07) is 0. The van der Waals surface area contributed by atoms with Crippen LogP contribution in [0.3, 0.4) is 0 Å². The molecule has 0 spiro atoms. The lowest BCUT2D eigenvalue weighted by molar-refractivity contribution is 0.674. The lowest BCUT2D eigenvalue weighted by Crippen LogP contribution is -1.80. The summed E-state index contributed by atoms with van der Waals surface area (Å²) in [5.74, 6) is 0. The van der Waals surface area contributed by atoms with E-state index in [0.717, 1.165) is 0 Å². The summed E-state index contributed by atoms with van der Waals surface area (Å²) in [4.78, 5) is 0. The second-order valence-corrected chi connectivity index (χ2v) is 6.37. The molecule has 0 heteroatoms. The normalized spacial score (nSPS) is 12.8. The Morgan fingerprint density at radius 3 is 1.82 bits per heavy atom. The van der Waals surface area contributed by atoms with Crippen molar-refractivity contribution < 1.29 is 0 Å². The molecule has 0 aliphatic heterocycles. The minimum Gasteiger partial charge on any atom is -0.0845 e. The van der Waals surface area contributed by atoms with Gasteiger partial charge in [-0.1, -0.05) is 96.1 Å². The van der Waals surface area contributed by atoms with E-state index in [1.807, 2.05) is 0 Å². The second kappa shape index (κ2) is 18.3. The monoisotopic (exact) mass is 304 g/mol. The number of unbranched alkanes of at least 4 members (excludes halogenated alkanes) is 9. The first-order valence-corrected chi connectivity index (χ1v) is 9.87. The quantitative estimate of drug-likeness (QED) is 0.211. The highest BCUT2D eigenvalue weighted by molar-refractivity contribution is 5.23. The Balaban J connectivity index is 4.05. The summed E-state index contributed by atoms with van der Waals surface area (Å²) in [5, 5.41) is 0. The molecule has 0 nitrogen and oxygen atoms in total. The van der Waals surface area contributed by atoms with Gasteiger partial charge in [-0.15, -0.1) is 0 Å². The molecule has 0 aliphatic carbocycles. The minimum atomic E-state index is 1.22. The van der Waals surface area contributed by atoms with E-state index < -0.39 is 0 Å². The molecule has 0 saturated carbocycles. The molecular weight excluding hydrogens is 264 g/mol. The molecule has 0 radical (unpaired) electrons. The largest absolute Gasteiger partial charge is 0.0845 e. The molecule has 22 heavy (non-hydrogen) atoms. The molecule has 0 fully saturated rings. The lowest BCUT2D eigenvalue weighted by Gasteiger charge is -2.00. The van der Waals surface area contributed by atoms with Crippen molar-refractivity contribution in [3.05, 3.63) is 36.0 Å². The maximum absolute atomic E-state index is 2.38. The first-order valence-electron chi connectivity index (χ1n) is 9.87. The van der Waals surface area contributed by atoms with Gasteiger partial charge in [0.1, 0.15) is 0 Å². The molecule has 0 N–H and O–H groups in total. The van der Waals surface area contributed by atoms with Gasteiger partial charge in [0.25, 0.3) is 0 Å². The van der Waals surface area contributed by atoms with Crippen LogP contribution in [0.1, 0.15) is 104 Å². The van der Waals surface area contributed by atoms with E-state index in [1.54, 1.807) is 0 Å². The van der Waals surface area contributed by atoms with Gasteiger partial charge in [0.15, 0.2) is 0 Å². The maximum atomic E-state index is 2.38. The van der Waals surface area contributed by atoms with Crippen molar-refractivity contribution in [2.45, 2.75) is 104 Å².